The molecular formula is C11H18N4O2. The van der Waals surface area contributed by atoms with E-state index >= 15 is 0 Å². The minimum absolute atomic E-state index is 0.0686. The molecule has 0 saturated heterocycles. The van der Waals surface area contributed by atoms with Gasteiger partial charge in [-0.3, -0.25) is 4.90 Å². The van der Waals surface area contributed by atoms with Crippen LogP contribution < -0.4 is 0 Å². The molecule has 0 N–H and O–H groups in total. The number of nitrogens with zero attached hydrogens (tertiary/aromatic N) is 4. The maximum atomic E-state index is 12.0. The molecule has 0 aliphatic carbocycles. The Morgan fingerprint density at radius 2 is 2.24 bits per heavy atom. The van der Waals surface area contributed by atoms with Crippen LogP contribution in [0.2, 0.25) is 0 Å². The zero-order valence-corrected chi connectivity index (χ0v) is 10.7. The largest absolute Gasteiger partial charge is 0.444 e. The van der Waals surface area contributed by atoms with E-state index in [1.54, 1.807) is 11.1 Å². The van der Waals surface area contributed by atoms with Crippen LogP contribution in [0.15, 0.2) is 6.20 Å². The third kappa shape index (κ3) is 2.57. The quantitative estimate of drug-likeness (QED) is 0.685. The van der Waals surface area contributed by atoms with E-state index < -0.39 is 5.60 Å². The molecule has 2 rings (SSSR count). The van der Waals surface area contributed by atoms with E-state index in [2.05, 4.69) is 10.3 Å². The lowest BCUT2D eigenvalue weighted by molar-refractivity contribution is 0.00902. The van der Waals surface area contributed by atoms with E-state index in [-0.39, 0.29) is 12.1 Å². The van der Waals surface area contributed by atoms with Crippen LogP contribution in [0.5, 0.6) is 0 Å². The summed E-state index contributed by atoms with van der Waals surface area (Å²) < 4.78 is 7.20. The van der Waals surface area contributed by atoms with Crippen LogP contribution in [0.1, 0.15) is 33.4 Å². The maximum absolute atomic E-state index is 12.0. The summed E-state index contributed by atoms with van der Waals surface area (Å²) in [5.41, 5.74) is 0.473. The van der Waals surface area contributed by atoms with Crippen molar-refractivity contribution in [2.45, 2.75) is 52.4 Å². The van der Waals surface area contributed by atoms with Gasteiger partial charge in [0.1, 0.15) is 5.60 Å². The van der Waals surface area contributed by atoms with Gasteiger partial charge in [-0.05, 0) is 27.7 Å². The number of hydrogen-bond donors (Lipinski definition) is 0. The molecule has 0 unspecified atom stereocenters. The van der Waals surface area contributed by atoms with Gasteiger partial charge in [-0.1, -0.05) is 5.21 Å². The molecule has 0 radical (unpaired) electrons. The Hall–Kier alpha value is -1.59. The molecule has 1 aliphatic heterocycles. The van der Waals surface area contributed by atoms with Gasteiger partial charge in [0.05, 0.1) is 31.0 Å². The van der Waals surface area contributed by atoms with Crippen molar-refractivity contribution in [2.75, 3.05) is 0 Å². The van der Waals surface area contributed by atoms with Crippen LogP contribution in [0, 0.1) is 0 Å². The molecule has 0 fully saturated rings. The minimum atomic E-state index is -0.466. The molecule has 17 heavy (non-hydrogen) atoms. The lowest BCUT2D eigenvalue weighted by Gasteiger charge is -2.34. The van der Waals surface area contributed by atoms with E-state index in [1.165, 1.54) is 0 Å². The van der Waals surface area contributed by atoms with Crippen LogP contribution in [-0.4, -0.2) is 37.6 Å². The van der Waals surface area contributed by atoms with Gasteiger partial charge >= 0.3 is 6.09 Å². The molecule has 0 bridgehead atoms. The molecule has 1 aromatic heterocycles. The summed E-state index contributed by atoms with van der Waals surface area (Å²) in [5, 5.41) is 7.80. The van der Waals surface area contributed by atoms with Crippen LogP contribution in [0.25, 0.3) is 0 Å². The van der Waals surface area contributed by atoms with Gasteiger partial charge in [-0.15, -0.1) is 5.10 Å². The molecule has 2 heterocycles. The second-order valence-corrected chi connectivity index (χ2v) is 5.36. The number of aromatic nitrogens is 3. The van der Waals surface area contributed by atoms with Crippen LogP contribution >= 0.6 is 0 Å². The summed E-state index contributed by atoms with van der Waals surface area (Å²) in [6.45, 7) is 8.74. The highest BCUT2D eigenvalue weighted by atomic mass is 16.6. The predicted molar refractivity (Wildman–Crippen MR) is 61.3 cm³/mol. The van der Waals surface area contributed by atoms with Crippen molar-refractivity contribution >= 4 is 6.09 Å². The standard InChI is InChI=1S/C11H18N4O2/c1-8-6-15-9(5-12-13-15)7-14(8)10(16)17-11(2,3)4/h5,8H,6-7H2,1-4H3/t8-/m0/s1. The van der Waals surface area contributed by atoms with Gasteiger partial charge in [0.25, 0.3) is 0 Å². The highest BCUT2D eigenvalue weighted by Crippen LogP contribution is 2.19. The number of ether oxygens (including phenoxy) is 1. The van der Waals surface area contributed by atoms with Gasteiger partial charge < -0.3 is 4.74 Å². The average Bonchev–Trinajstić information content (AvgIpc) is 2.60. The monoisotopic (exact) mass is 238 g/mol. The third-order valence-corrected chi connectivity index (χ3v) is 2.63. The van der Waals surface area contributed by atoms with E-state index in [0.29, 0.717) is 13.1 Å². The Labute approximate surface area is 101 Å². The molecule has 1 aliphatic rings. The van der Waals surface area contributed by atoms with Gasteiger partial charge in [-0.2, -0.15) is 0 Å². The zero-order chi connectivity index (χ0) is 12.6. The number of amides is 1. The Bertz CT molecular complexity index is 421. The minimum Gasteiger partial charge on any atom is -0.444 e. The Morgan fingerprint density at radius 3 is 2.88 bits per heavy atom. The SMILES string of the molecule is C[C@H]1Cn2nncc2CN1C(=O)OC(C)(C)C. The van der Waals surface area contributed by atoms with E-state index in [4.69, 9.17) is 4.74 Å². The Morgan fingerprint density at radius 1 is 1.53 bits per heavy atom. The second-order valence-electron chi connectivity index (χ2n) is 5.36. The fraction of sp³-hybridized carbons (Fsp3) is 0.727. The topological polar surface area (TPSA) is 60.2 Å². The van der Waals surface area contributed by atoms with Crippen LogP contribution in [0.3, 0.4) is 0 Å². The van der Waals surface area contributed by atoms with Crippen molar-refractivity contribution in [1.82, 2.24) is 19.9 Å². The highest BCUT2D eigenvalue weighted by molar-refractivity contribution is 5.68. The Kier molecular flexibility index (Phi) is 2.81. The van der Waals surface area contributed by atoms with Gasteiger partial charge in [0.2, 0.25) is 0 Å². The number of fused-ring (bicyclic) bond motifs is 1. The van der Waals surface area contributed by atoms with E-state index in [0.717, 1.165) is 5.69 Å². The molecule has 1 atom stereocenters. The van der Waals surface area contributed by atoms with Crippen molar-refractivity contribution in [1.29, 1.82) is 0 Å². The smallest absolute Gasteiger partial charge is 0.410 e. The number of carbonyl (C=O) groups excluding carboxylic acids is 1. The van der Waals surface area contributed by atoms with Crippen molar-refractivity contribution in [2.24, 2.45) is 0 Å². The molecule has 0 saturated carbocycles. The summed E-state index contributed by atoms with van der Waals surface area (Å²) >= 11 is 0. The van der Waals surface area contributed by atoms with Gasteiger partial charge in [0.15, 0.2) is 0 Å². The van der Waals surface area contributed by atoms with Gasteiger partial charge in [-0.25, -0.2) is 9.48 Å². The molecule has 6 heteroatoms. The van der Waals surface area contributed by atoms with Crippen molar-refractivity contribution in [3.05, 3.63) is 11.9 Å². The number of carbonyl (C=O) groups is 1. The fourth-order valence-electron chi connectivity index (χ4n) is 1.80. The van der Waals surface area contributed by atoms with Crippen LogP contribution in [0.4, 0.5) is 4.79 Å². The highest BCUT2D eigenvalue weighted by Gasteiger charge is 2.30. The third-order valence-electron chi connectivity index (χ3n) is 2.63. The number of hydrogen-bond acceptors (Lipinski definition) is 4. The van der Waals surface area contributed by atoms with E-state index in [1.807, 2.05) is 32.4 Å². The molecule has 0 spiro atoms. The normalized spacial score (nSPS) is 20.0. The van der Waals surface area contributed by atoms with Crippen molar-refractivity contribution in [3.63, 3.8) is 0 Å². The zero-order valence-electron chi connectivity index (χ0n) is 10.7. The molecule has 94 valence electrons. The molecule has 1 aromatic rings. The molecule has 1 amide bonds. The van der Waals surface area contributed by atoms with Crippen molar-refractivity contribution in [3.8, 4) is 0 Å². The molecule has 6 nitrogen and oxygen atoms in total. The fourth-order valence-corrected chi connectivity index (χ4v) is 1.80. The maximum Gasteiger partial charge on any atom is 0.410 e. The summed E-state index contributed by atoms with van der Waals surface area (Å²) in [6.07, 6.45) is 1.40. The van der Waals surface area contributed by atoms with Crippen molar-refractivity contribution < 1.29 is 9.53 Å². The first-order valence-electron chi connectivity index (χ1n) is 5.74. The summed E-state index contributed by atoms with van der Waals surface area (Å²) in [6, 6.07) is 0.0686. The summed E-state index contributed by atoms with van der Waals surface area (Å²) in [4.78, 5) is 13.7. The predicted octanol–water partition coefficient (Wildman–Crippen LogP) is 1.42. The first-order chi connectivity index (χ1) is 7.87. The first-order valence-corrected chi connectivity index (χ1v) is 5.74. The lowest BCUT2D eigenvalue weighted by atomic mass is 10.2. The summed E-state index contributed by atoms with van der Waals surface area (Å²) in [5.74, 6) is 0. The van der Waals surface area contributed by atoms with E-state index in [9.17, 15) is 4.79 Å². The van der Waals surface area contributed by atoms with Crippen LogP contribution in [-0.2, 0) is 17.8 Å². The lowest BCUT2D eigenvalue weighted by Crippen LogP contribution is -2.46. The molecular weight excluding hydrogens is 220 g/mol. The number of rotatable bonds is 0. The Balaban J connectivity index is 2.10. The average molecular weight is 238 g/mol. The first kappa shape index (κ1) is 11.9. The molecule has 0 aromatic carbocycles. The van der Waals surface area contributed by atoms with Gasteiger partial charge in [0, 0.05) is 0 Å². The second kappa shape index (κ2) is 4.01. The summed E-state index contributed by atoms with van der Waals surface area (Å²) in [7, 11) is 0.